The predicted octanol–water partition coefficient (Wildman–Crippen LogP) is 3.17. The number of amides is 1. The predicted molar refractivity (Wildman–Crippen MR) is 87.5 cm³/mol. The van der Waals surface area contributed by atoms with Gasteiger partial charge in [0.25, 0.3) is 0 Å². The molecule has 2 aromatic carbocycles. The second kappa shape index (κ2) is 5.58. The van der Waals surface area contributed by atoms with E-state index < -0.39 is 0 Å². The molecule has 0 atom stereocenters. The fourth-order valence-corrected chi connectivity index (χ4v) is 2.72. The summed E-state index contributed by atoms with van der Waals surface area (Å²) in [6.45, 7) is 2.51. The van der Waals surface area contributed by atoms with E-state index in [2.05, 4.69) is 35.4 Å². The molecule has 0 fully saturated rings. The minimum atomic E-state index is -0.0535. The lowest BCUT2D eigenvalue weighted by Gasteiger charge is -2.04. The number of carbonyl (C=O) groups excluding carboxylic acids is 1. The molecule has 108 valence electrons. The van der Waals surface area contributed by atoms with Gasteiger partial charge in [-0.05, 0) is 24.1 Å². The van der Waals surface area contributed by atoms with Gasteiger partial charge in [0.1, 0.15) is 0 Å². The van der Waals surface area contributed by atoms with Gasteiger partial charge in [0.2, 0.25) is 5.91 Å². The van der Waals surface area contributed by atoms with Crippen molar-refractivity contribution in [1.82, 2.24) is 4.98 Å². The molecule has 1 heterocycles. The van der Waals surface area contributed by atoms with Crippen LogP contribution in [0.4, 0.5) is 5.69 Å². The van der Waals surface area contributed by atoms with E-state index in [1.165, 1.54) is 21.9 Å². The molecule has 0 aliphatic heterocycles. The Morgan fingerprint density at radius 1 is 1.24 bits per heavy atom. The monoisotopic (exact) mass is 281 g/mol. The Hall–Kier alpha value is -2.33. The van der Waals surface area contributed by atoms with Crippen molar-refractivity contribution in [2.45, 2.75) is 19.8 Å². The Labute approximate surface area is 123 Å². The van der Waals surface area contributed by atoms with Gasteiger partial charge in [0, 0.05) is 40.5 Å². The average molecular weight is 281 g/mol. The van der Waals surface area contributed by atoms with E-state index in [4.69, 9.17) is 5.73 Å². The number of fused-ring (bicyclic) bond motifs is 3. The number of hydrogen-bond donors (Lipinski definition) is 3. The van der Waals surface area contributed by atoms with Gasteiger partial charge in [-0.2, -0.15) is 0 Å². The summed E-state index contributed by atoms with van der Waals surface area (Å²) in [6, 6.07) is 12.3. The molecule has 0 aliphatic carbocycles. The van der Waals surface area contributed by atoms with E-state index in [-0.39, 0.29) is 5.91 Å². The Balaban J connectivity index is 2.06. The summed E-state index contributed by atoms with van der Waals surface area (Å²) in [4.78, 5) is 15.1. The zero-order valence-electron chi connectivity index (χ0n) is 12.1. The van der Waals surface area contributed by atoms with Crippen LogP contribution in [0.25, 0.3) is 21.8 Å². The summed E-state index contributed by atoms with van der Waals surface area (Å²) >= 11 is 0. The number of para-hydroxylation sites is 1. The van der Waals surface area contributed by atoms with E-state index in [1.54, 1.807) is 0 Å². The Kier molecular flexibility index (Phi) is 3.62. The van der Waals surface area contributed by atoms with Crippen molar-refractivity contribution in [2.24, 2.45) is 5.73 Å². The fraction of sp³-hybridized carbons (Fsp3) is 0.235. The van der Waals surface area contributed by atoms with Crippen molar-refractivity contribution in [3.05, 3.63) is 42.0 Å². The summed E-state index contributed by atoms with van der Waals surface area (Å²) in [6.07, 6.45) is 1.33. The molecule has 0 unspecified atom stereocenters. The highest BCUT2D eigenvalue weighted by Gasteiger charge is 2.08. The number of nitrogens with two attached hydrogens (primary N) is 1. The third-order valence-electron chi connectivity index (χ3n) is 3.76. The maximum absolute atomic E-state index is 11.6. The van der Waals surface area contributed by atoms with Crippen molar-refractivity contribution < 1.29 is 4.79 Å². The molecular weight excluding hydrogens is 262 g/mol. The molecule has 0 bridgehead atoms. The maximum Gasteiger partial charge on any atom is 0.225 e. The molecule has 4 nitrogen and oxygen atoms in total. The first-order chi connectivity index (χ1) is 10.2. The Morgan fingerprint density at radius 2 is 2.10 bits per heavy atom. The first kappa shape index (κ1) is 13.6. The van der Waals surface area contributed by atoms with Gasteiger partial charge >= 0.3 is 0 Å². The van der Waals surface area contributed by atoms with Crippen LogP contribution in [0.5, 0.6) is 0 Å². The third kappa shape index (κ3) is 2.50. The summed E-state index contributed by atoms with van der Waals surface area (Å²) < 4.78 is 0. The second-order valence-electron chi connectivity index (χ2n) is 5.17. The highest BCUT2D eigenvalue weighted by molar-refractivity contribution is 6.09. The first-order valence-electron chi connectivity index (χ1n) is 7.26. The van der Waals surface area contributed by atoms with Crippen LogP contribution in [-0.2, 0) is 11.2 Å². The van der Waals surface area contributed by atoms with Crippen molar-refractivity contribution >= 4 is 33.4 Å². The first-order valence-corrected chi connectivity index (χ1v) is 7.26. The molecule has 3 rings (SSSR count). The summed E-state index contributed by atoms with van der Waals surface area (Å²) in [7, 11) is 0. The van der Waals surface area contributed by atoms with Crippen LogP contribution >= 0.6 is 0 Å². The molecule has 0 aliphatic rings. The molecule has 4 N–H and O–H groups in total. The normalized spacial score (nSPS) is 11.1. The SMILES string of the molecule is CCc1cccc2c1[nH]c1cc(NC(=O)CCN)ccc12. The quantitative estimate of drug-likeness (QED) is 0.687. The molecule has 21 heavy (non-hydrogen) atoms. The fourth-order valence-electron chi connectivity index (χ4n) is 2.72. The van der Waals surface area contributed by atoms with Crippen LogP contribution in [0.3, 0.4) is 0 Å². The summed E-state index contributed by atoms with van der Waals surface area (Å²) in [5.41, 5.74) is 9.71. The van der Waals surface area contributed by atoms with Gasteiger partial charge in [-0.25, -0.2) is 0 Å². The van der Waals surface area contributed by atoms with Crippen molar-refractivity contribution in [1.29, 1.82) is 0 Å². The van der Waals surface area contributed by atoms with Crippen LogP contribution < -0.4 is 11.1 Å². The minimum absolute atomic E-state index is 0.0535. The number of H-pyrrole nitrogens is 1. The lowest BCUT2D eigenvalue weighted by molar-refractivity contribution is -0.116. The number of carbonyl (C=O) groups is 1. The Morgan fingerprint density at radius 3 is 2.86 bits per heavy atom. The number of nitrogens with one attached hydrogen (secondary N) is 2. The zero-order chi connectivity index (χ0) is 14.8. The topological polar surface area (TPSA) is 70.9 Å². The smallest absolute Gasteiger partial charge is 0.225 e. The van der Waals surface area contributed by atoms with E-state index in [1.807, 2.05) is 18.2 Å². The summed E-state index contributed by atoms with van der Waals surface area (Å²) in [5.74, 6) is -0.0535. The highest BCUT2D eigenvalue weighted by atomic mass is 16.1. The number of hydrogen-bond acceptors (Lipinski definition) is 2. The van der Waals surface area contributed by atoms with Crippen molar-refractivity contribution in [3.63, 3.8) is 0 Å². The number of rotatable bonds is 4. The molecule has 4 heteroatoms. The zero-order valence-corrected chi connectivity index (χ0v) is 12.1. The molecule has 0 saturated heterocycles. The lowest BCUT2D eigenvalue weighted by Crippen LogP contribution is -2.16. The Bertz CT molecular complexity index is 804. The van der Waals surface area contributed by atoms with Gasteiger partial charge < -0.3 is 16.0 Å². The largest absolute Gasteiger partial charge is 0.354 e. The standard InChI is InChI=1S/C17H19N3O/c1-2-11-4-3-5-14-13-7-6-12(19-16(21)8-9-18)10-15(13)20-17(11)14/h3-7,10,20H,2,8-9,18H2,1H3,(H,19,21). The minimum Gasteiger partial charge on any atom is -0.354 e. The molecule has 1 aromatic heterocycles. The lowest BCUT2D eigenvalue weighted by atomic mass is 10.1. The van der Waals surface area contributed by atoms with E-state index >= 15 is 0 Å². The average Bonchev–Trinajstić information content (AvgIpc) is 2.85. The van der Waals surface area contributed by atoms with Crippen LogP contribution in [0.15, 0.2) is 36.4 Å². The van der Waals surface area contributed by atoms with Gasteiger partial charge in [0.05, 0.1) is 0 Å². The molecule has 0 saturated carbocycles. The van der Waals surface area contributed by atoms with Crippen molar-refractivity contribution in [3.8, 4) is 0 Å². The van der Waals surface area contributed by atoms with Gasteiger partial charge in [-0.3, -0.25) is 4.79 Å². The van der Waals surface area contributed by atoms with Gasteiger partial charge in [-0.15, -0.1) is 0 Å². The molecule has 1 amide bonds. The number of aryl methyl sites for hydroxylation is 1. The molecule has 0 radical (unpaired) electrons. The van der Waals surface area contributed by atoms with Crippen LogP contribution in [-0.4, -0.2) is 17.4 Å². The van der Waals surface area contributed by atoms with Crippen LogP contribution in [0.2, 0.25) is 0 Å². The third-order valence-corrected chi connectivity index (χ3v) is 3.76. The van der Waals surface area contributed by atoms with Crippen LogP contribution in [0.1, 0.15) is 18.9 Å². The van der Waals surface area contributed by atoms with E-state index in [0.717, 1.165) is 17.6 Å². The maximum atomic E-state index is 11.6. The summed E-state index contributed by atoms with van der Waals surface area (Å²) in [5, 5.41) is 5.27. The molecule has 0 spiro atoms. The molecule has 3 aromatic rings. The number of aromatic amines is 1. The highest BCUT2D eigenvalue weighted by Crippen LogP contribution is 2.29. The molecular formula is C17H19N3O. The number of benzene rings is 2. The van der Waals surface area contributed by atoms with Crippen LogP contribution in [0, 0.1) is 0 Å². The number of anilines is 1. The second-order valence-corrected chi connectivity index (χ2v) is 5.17. The van der Waals surface area contributed by atoms with E-state index in [9.17, 15) is 4.79 Å². The van der Waals surface area contributed by atoms with Gasteiger partial charge in [-0.1, -0.05) is 31.2 Å². The van der Waals surface area contributed by atoms with E-state index in [0.29, 0.717) is 13.0 Å². The van der Waals surface area contributed by atoms with Gasteiger partial charge in [0.15, 0.2) is 0 Å². The van der Waals surface area contributed by atoms with Crippen molar-refractivity contribution in [2.75, 3.05) is 11.9 Å². The number of aromatic nitrogens is 1.